The van der Waals surface area contributed by atoms with Crippen LogP contribution in [0.2, 0.25) is 10.0 Å². The topological polar surface area (TPSA) is 115 Å². The van der Waals surface area contributed by atoms with Crippen molar-refractivity contribution in [1.29, 1.82) is 0 Å². The first-order valence-electron chi connectivity index (χ1n) is 12.0. The van der Waals surface area contributed by atoms with Gasteiger partial charge in [0.2, 0.25) is 5.95 Å². The number of nitrogens with one attached hydrogen (secondary N) is 3. The average Bonchev–Trinajstić information content (AvgIpc) is 3.49. The molecular formula is C25H22Cl2F5N7O3. The van der Waals surface area contributed by atoms with Gasteiger partial charge in [-0.15, -0.1) is 0 Å². The molecule has 224 valence electrons. The van der Waals surface area contributed by atoms with Crippen LogP contribution in [0.25, 0.3) is 11.0 Å². The number of carbonyl (C=O) groups excluding carboxylic acids is 2. The maximum atomic E-state index is 12.8. The number of fused-ring (bicyclic) bond motifs is 1. The van der Waals surface area contributed by atoms with Gasteiger partial charge in [0, 0.05) is 39.1 Å². The average molecular weight is 634 g/mol. The molecule has 4 aromatic rings. The van der Waals surface area contributed by atoms with Crippen molar-refractivity contribution in [2.45, 2.75) is 19.1 Å². The van der Waals surface area contributed by atoms with Crippen LogP contribution < -0.4 is 20.7 Å². The summed E-state index contributed by atoms with van der Waals surface area (Å²) in [7, 11) is 3.22. The van der Waals surface area contributed by atoms with Crippen molar-refractivity contribution in [3.63, 3.8) is 0 Å². The Hall–Kier alpha value is -4.11. The molecule has 0 aliphatic carbocycles. The van der Waals surface area contributed by atoms with E-state index in [1.165, 1.54) is 16.8 Å². The number of aryl methyl sites for hydroxylation is 2. The third kappa shape index (κ3) is 7.02. The van der Waals surface area contributed by atoms with Gasteiger partial charge >= 0.3 is 6.18 Å². The van der Waals surface area contributed by atoms with Gasteiger partial charge in [-0.25, -0.2) is 18.7 Å². The highest BCUT2D eigenvalue weighted by atomic mass is 35.5. The summed E-state index contributed by atoms with van der Waals surface area (Å²) in [5.41, 5.74) is 0.722. The van der Waals surface area contributed by atoms with Gasteiger partial charge in [0.25, 0.3) is 18.2 Å². The maximum Gasteiger partial charge on any atom is 0.405 e. The lowest BCUT2D eigenvalue weighted by Gasteiger charge is -2.14. The Morgan fingerprint density at radius 1 is 1.10 bits per heavy atom. The fourth-order valence-corrected chi connectivity index (χ4v) is 4.39. The first-order valence-corrected chi connectivity index (χ1v) is 12.8. The van der Waals surface area contributed by atoms with Crippen molar-refractivity contribution in [3.8, 4) is 5.75 Å². The van der Waals surface area contributed by atoms with Gasteiger partial charge in [-0.05, 0) is 17.7 Å². The van der Waals surface area contributed by atoms with Crippen molar-refractivity contribution >= 4 is 57.7 Å². The Balaban J connectivity index is 1.64. The number of imidazole rings is 2. The van der Waals surface area contributed by atoms with Crippen molar-refractivity contribution in [3.05, 3.63) is 63.7 Å². The molecule has 0 radical (unpaired) electrons. The smallest absolute Gasteiger partial charge is 0.405 e. The van der Waals surface area contributed by atoms with Gasteiger partial charge in [-0.1, -0.05) is 29.3 Å². The number of hydrogen-bond acceptors (Lipinski definition) is 6. The summed E-state index contributed by atoms with van der Waals surface area (Å²) < 4.78 is 71.7. The Morgan fingerprint density at radius 3 is 2.48 bits per heavy atom. The molecular weight excluding hydrogens is 612 g/mol. The first kappa shape index (κ1) is 30.8. The quantitative estimate of drug-likeness (QED) is 0.206. The number of alkyl halides is 5. The molecule has 0 saturated heterocycles. The molecule has 2 aromatic heterocycles. The molecule has 2 aromatic carbocycles. The van der Waals surface area contributed by atoms with Crippen LogP contribution in [-0.4, -0.2) is 56.7 Å². The van der Waals surface area contributed by atoms with Crippen LogP contribution >= 0.6 is 23.2 Å². The van der Waals surface area contributed by atoms with Crippen LogP contribution in [0, 0.1) is 0 Å². The molecule has 0 aliphatic heterocycles. The van der Waals surface area contributed by atoms with Crippen molar-refractivity contribution in [1.82, 2.24) is 29.7 Å². The summed E-state index contributed by atoms with van der Waals surface area (Å²) in [5, 5.41) is 7.73. The molecule has 10 nitrogen and oxygen atoms in total. The SMILES string of the molecule is Cn1ccnc1C(=O)NCc1ccc(Cl)c(Nc2nc3cc(C(=O)NCC(F)(F)F)c(OCC(F)F)cc3n2C)c1Cl. The molecule has 17 heteroatoms. The van der Waals surface area contributed by atoms with Gasteiger partial charge in [0.05, 0.1) is 32.3 Å². The molecule has 0 aliphatic rings. The number of nitrogens with zero attached hydrogens (tertiary/aromatic N) is 4. The molecule has 2 amide bonds. The second kappa shape index (κ2) is 12.4. The van der Waals surface area contributed by atoms with Crippen LogP contribution in [0.1, 0.15) is 26.5 Å². The van der Waals surface area contributed by atoms with Gasteiger partial charge in [0.15, 0.2) is 5.82 Å². The lowest BCUT2D eigenvalue weighted by Crippen LogP contribution is -2.34. The molecule has 0 spiro atoms. The van der Waals surface area contributed by atoms with Crippen molar-refractivity contribution < 1.29 is 36.3 Å². The van der Waals surface area contributed by atoms with Crippen LogP contribution in [0.4, 0.5) is 33.6 Å². The Morgan fingerprint density at radius 2 is 1.83 bits per heavy atom. The minimum atomic E-state index is -4.69. The number of carbonyl (C=O) groups is 2. The highest BCUT2D eigenvalue weighted by Crippen LogP contribution is 2.37. The van der Waals surface area contributed by atoms with Gasteiger partial charge < -0.3 is 29.8 Å². The number of aromatic nitrogens is 4. The van der Waals surface area contributed by atoms with Crippen LogP contribution in [0.3, 0.4) is 0 Å². The maximum absolute atomic E-state index is 12.8. The zero-order valence-electron chi connectivity index (χ0n) is 21.8. The summed E-state index contributed by atoms with van der Waals surface area (Å²) in [6.07, 6.45) is -4.50. The fourth-order valence-electron chi connectivity index (χ4n) is 3.85. The monoisotopic (exact) mass is 633 g/mol. The van der Waals surface area contributed by atoms with Crippen LogP contribution in [-0.2, 0) is 20.6 Å². The summed E-state index contributed by atoms with van der Waals surface area (Å²) in [5.74, 6) is -1.65. The standard InChI is InChI=1S/C25H22Cl2F5N7O3/c1-38-6-5-33-21(38)23(41)34-9-12-3-4-14(26)20(19(12)27)37-24-36-15-7-13(22(40)35-11-25(30,31)32)17(42-10-18(28)29)8-16(15)39(24)2/h3-8,18H,9-11H2,1-2H3,(H,34,41)(H,35,40)(H,36,37). The van der Waals surface area contributed by atoms with Gasteiger partial charge in [-0.2, -0.15) is 13.2 Å². The van der Waals surface area contributed by atoms with E-state index in [2.05, 4.69) is 20.6 Å². The highest BCUT2D eigenvalue weighted by molar-refractivity contribution is 6.39. The van der Waals surface area contributed by atoms with Crippen molar-refractivity contribution in [2.75, 3.05) is 18.5 Å². The molecule has 0 fully saturated rings. The van der Waals surface area contributed by atoms with E-state index in [9.17, 15) is 31.5 Å². The van der Waals surface area contributed by atoms with E-state index in [1.807, 2.05) is 0 Å². The summed E-state index contributed by atoms with van der Waals surface area (Å²) >= 11 is 13.0. The zero-order chi connectivity index (χ0) is 30.8. The number of benzene rings is 2. The number of hydrogen-bond donors (Lipinski definition) is 3. The van der Waals surface area contributed by atoms with E-state index >= 15 is 0 Å². The van der Waals surface area contributed by atoms with E-state index in [1.54, 1.807) is 42.3 Å². The highest BCUT2D eigenvalue weighted by Gasteiger charge is 2.29. The summed E-state index contributed by atoms with van der Waals surface area (Å²) in [6, 6.07) is 5.49. The predicted octanol–water partition coefficient (Wildman–Crippen LogP) is 5.22. The molecule has 3 N–H and O–H groups in total. The lowest BCUT2D eigenvalue weighted by atomic mass is 10.1. The summed E-state index contributed by atoms with van der Waals surface area (Å²) in [4.78, 5) is 33.3. The zero-order valence-corrected chi connectivity index (χ0v) is 23.3. The Kier molecular flexibility index (Phi) is 9.11. The number of amides is 2. The van der Waals surface area contributed by atoms with E-state index in [0.717, 1.165) is 6.07 Å². The number of rotatable bonds is 10. The second-order valence-electron chi connectivity index (χ2n) is 8.90. The van der Waals surface area contributed by atoms with E-state index < -0.39 is 43.1 Å². The second-order valence-corrected chi connectivity index (χ2v) is 9.68. The number of ether oxygens (including phenoxy) is 1. The molecule has 0 atom stereocenters. The summed E-state index contributed by atoms with van der Waals surface area (Å²) in [6.45, 7) is -2.70. The Labute approximate surface area is 244 Å². The number of anilines is 2. The Bertz CT molecular complexity index is 1640. The number of halogens is 7. The molecule has 0 bridgehead atoms. The van der Waals surface area contributed by atoms with Gasteiger partial charge in [0.1, 0.15) is 18.9 Å². The molecule has 2 heterocycles. The van der Waals surface area contributed by atoms with Crippen LogP contribution in [0.15, 0.2) is 36.7 Å². The lowest BCUT2D eigenvalue weighted by molar-refractivity contribution is -0.123. The normalized spacial score (nSPS) is 11.7. The minimum absolute atomic E-state index is 0.0279. The molecule has 4 rings (SSSR count). The van der Waals surface area contributed by atoms with E-state index in [4.69, 9.17) is 27.9 Å². The first-order chi connectivity index (χ1) is 19.7. The molecule has 0 saturated carbocycles. The largest absolute Gasteiger partial charge is 0.487 e. The van der Waals surface area contributed by atoms with E-state index in [-0.39, 0.29) is 45.3 Å². The van der Waals surface area contributed by atoms with Crippen molar-refractivity contribution in [2.24, 2.45) is 14.1 Å². The van der Waals surface area contributed by atoms with Gasteiger partial charge in [-0.3, -0.25) is 9.59 Å². The molecule has 0 unspecified atom stereocenters. The third-order valence-corrected chi connectivity index (χ3v) is 6.66. The predicted molar refractivity (Wildman–Crippen MR) is 145 cm³/mol. The fraction of sp³-hybridized carbons (Fsp3) is 0.280. The van der Waals surface area contributed by atoms with Crippen LogP contribution in [0.5, 0.6) is 5.75 Å². The molecule has 42 heavy (non-hydrogen) atoms. The minimum Gasteiger partial charge on any atom is -0.487 e. The van der Waals surface area contributed by atoms with E-state index in [0.29, 0.717) is 11.1 Å². The third-order valence-electron chi connectivity index (χ3n) is 5.91.